The van der Waals surface area contributed by atoms with Gasteiger partial charge in [-0.2, -0.15) is 0 Å². The number of amides is 2. The van der Waals surface area contributed by atoms with Crippen LogP contribution in [0, 0.1) is 0 Å². The number of hydrogen-bond donors (Lipinski definition) is 2. The number of nitrogens with zero attached hydrogens (tertiary/aromatic N) is 2. The Morgan fingerprint density at radius 3 is 2.09 bits per heavy atom. The molecule has 1 heterocycles. The number of alkyl carbamates (subject to hydrolysis) is 1. The molecule has 1 saturated heterocycles. The maximum Gasteiger partial charge on any atom is 0.407 e. The zero-order valence-corrected chi connectivity index (χ0v) is 19.7. The van der Waals surface area contributed by atoms with Crippen molar-refractivity contribution in [2.75, 3.05) is 39.3 Å². The summed E-state index contributed by atoms with van der Waals surface area (Å²) in [5.41, 5.74) is 4.13. The van der Waals surface area contributed by atoms with Crippen LogP contribution < -0.4 is 5.32 Å². The molecule has 3 aliphatic rings. The summed E-state index contributed by atoms with van der Waals surface area (Å²) in [6, 6.07) is 16.4. The van der Waals surface area contributed by atoms with Gasteiger partial charge in [0.05, 0.1) is 18.5 Å². The first-order chi connectivity index (χ1) is 16.9. The Kier molecular flexibility index (Phi) is 6.47. The number of aliphatic carboxylic acids is 1. The monoisotopic (exact) mass is 477 g/mol. The molecule has 0 aromatic heterocycles. The Balaban J connectivity index is 1.16. The second kappa shape index (κ2) is 9.70. The summed E-state index contributed by atoms with van der Waals surface area (Å²) in [5.74, 6) is -0.863. The number of carbonyl (C=O) groups excluding carboxylic acids is 2. The van der Waals surface area contributed by atoms with E-state index in [0.717, 1.165) is 30.4 Å². The van der Waals surface area contributed by atoms with Crippen LogP contribution >= 0.6 is 0 Å². The van der Waals surface area contributed by atoms with E-state index in [1.165, 1.54) is 11.1 Å². The fourth-order valence-corrected chi connectivity index (χ4v) is 5.55. The highest BCUT2D eigenvalue weighted by atomic mass is 16.5. The van der Waals surface area contributed by atoms with E-state index in [0.29, 0.717) is 26.2 Å². The molecular formula is C27H31N3O5. The van der Waals surface area contributed by atoms with Crippen LogP contribution in [0.5, 0.6) is 0 Å². The third-order valence-electron chi connectivity index (χ3n) is 7.60. The lowest BCUT2D eigenvalue weighted by molar-refractivity contribution is -0.139. The highest BCUT2D eigenvalue weighted by molar-refractivity contribution is 5.80. The molecule has 2 amide bonds. The Morgan fingerprint density at radius 1 is 0.943 bits per heavy atom. The molecule has 1 aliphatic heterocycles. The molecule has 0 bridgehead atoms. The van der Waals surface area contributed by atoms with Crippen molar-refractivity contribution in [1.82, 2.24) is 15.1 Å². The molecule has 8 nitrogen and oxygen atoms in total. The largest absolute Gasteiger partial charge is 0.480 e. The van der Waals surface area contributed by atoms with Crippen LogP contribution in [0.1, 0.15) is 42.7 Å². The van der Waals surface area contributed by atoms with E-state index in [1.807, 2.05) is 29.2 Å². The number of nitrogens with one attached hydrogen (secondary N) is 1. The van der Waals surface area contributed by atoms with Crippen LogP contribution in [-0.4, -0.2) is 77.7 Å². The first-order valence-corrected chi connectivity index (χ1v) is 12.3. The van der Waals surface area contributed by atoms with Gasteiger partial charge in [0.1, 0.15) is 6.61 Å². The SMILES string of the molecule is O=C(O)CN1CCN(C(=O)CC2(NC(=O)OCC3c4ccccc4-c4ccccc43)CCC2)CC1. The van der Waals surface area contributed by atoms with Gasteiger partial charge >= 0.3 is 12.1 Å². The van der Waals surface area contributed by atoms with Gasteiger partial charge in [-0.25, -0.2) is 4.79 Å². The second-order valence-electron chi connectivity index (χ2n) is 9.81. The van der Waals surface area contributed by atoms with Crippen LogP contribution in [0.2, 0.25) is 0 Å². The van der Waals surface area contributed by atoms with E-state index in [2.05, 4.69) is 29.6 Å². The highest BCUT2D eigenvalue weighted by Gasteiger charge is 2.42. The maximum absolute atomic E-state index is 13.0. The van der Waals surface area contributed by atoms with Gasteiger partial charge in [0.25, 0.3) is 0 Å². The number of piperazine rings is 1. The van der Waals surface area contributed by atoms with E-state index in [4.69, 9.17) is 9.84 Å². The number of carboxylic acid groups (broad SMARTS) is 1. The van der Waals surface area contributed by atoms with Crippen molar-refractivity contribution < 1.29 is 24.2 Å². The Bertz CT molecular complexity index is 1080. The number of carbonyl (C=O) groups is 3. The summed E-state index contributed by atoms with van der Waals surface area (Å²) in [6.45, 7) is 2.35. The highest BCUT2D eigenvalue weighted by Crippen LogP contribution is 2.44. The molecule has 2 fully saturated rings. The number of ether oxygens (including phenoxy) is 1. The average Bonchev–Trinajstić information content (AvgIpc) is 3.15. The molecule has 5 rings (SSSR count). The number of rotatable bonds is 7. The summed E-state index contributed by atoms with van der Waals surface area (Å²) < 4.78 is 5.71. The minimum absolute atomic E-state index is 0.00128. The summed E-state index contributed by atoms with van der Waals surface area (Å²) in [7, 11) is 0. The molecule has 2 aliphatic carbocycles. The molecule has 0 radical (unpaired) electrons. The Hall–Kier alpha value is -3.39. The summed E-state index contributed by atoms with van der Waals surface area (Å²) in [5, 5.41) is 12.0. The Labute approximate surface area is 204 Å². The second-order valence-corrected chi connectivity index (χ2v) is 9.81. The number of benzene rings is 2. The van der Waals surface area contributed by atoms with E-state index < -0.39 is 17.6 Å². The molecular weight excluding hydrogens is 446 g/mol. The lowest BCUT2D eigenvalue weighted by atomic mass is 9.74. The lowest BCUT2D eigenvalue weighted by Crippen LogP contribution is -2.58. The zero-order valence-electron chi connectivity index (χ0n) is 19.7. The maximum atomic E-state index is 13.0. The van der Waals surface area contributed by atoms with Crippen molar-refractivity contribution >= 4 is 18.0 Å². The molecule has 8 heteroatoms. The standard InChI is InChI=1S/C27H31N3O5/c31-24(30-14-12-29(13-15-30)17-25(32)33)16-27(10-5-11-27)28-26(34)35-18-23-21-8-3-1-6-19(21)20-7-2-4-9-22(20)23/h1-4,6-9,23H,5,10-18H2,(H,28,34)(H,32,33). The third kappa shape index (κ3) is 4.89. The minimum Gasteiger partial charge on any atom is -0.480 e. The van der Waals surface area contributed by atoms with Gasteiger partial charge < -0.3 is 20.1 Å². The van der Waals surface area contributed by atoms with Gasteiger partial charge in [0.15, 0.2) is 0 Å². The van der Waals surface area contributed by atoms with E-state index in [9.17, 15) is 14.4 Å². The van der Waals surface area contributed by atoms with Crippen LogP contribution in [-0.2, 0) is 14.3 Å². The smallest absolute Gasteiger partial charge is 0.407 e. The van der Waals surface area contributed by atoms with Crippen LogP contribution in [0.25, 0.3) is 11.1 Å². The van der Waals surface area contributed by atoms with Gasteiger partial charge in [0.2, 0.25) is 5.91 Å². The summed E-state index contributed by atoms with van der Waals surface area (Å²) in [4.78, 5) is 40.3. The molecule has 2 aromatic rings. The average molecular weight is 478 g/mol. The predicted octanol–water partition coefficient (Wildman–Crippen LogP) is 3.07. The summed E-state index contributed by atoms with van der Waals surface area (Å²) >= 11 is 0. The number of hydrogen-bond acceptors (Lipinski definition) is 5. The molecule has 2 N–H and O–H groups in total. The van der Waals surface area contributed by atoms with Crippen molar-refractivity contribution in [3.63, 3.8) is 0 Å². The molecule has 0 atom stereocenters. The molecule has 184 valence electrons. The topological polar surface area (TPSA) is 99.2 Å². The van der Waals surface area contributed by atoms with Gasteiger partial charge in [-0.05, 0) is 41.5 Å². The molecule has 0 unspecified atom stereocenters. The van der Waals surface area contributed by atoms with Crippen LogP contribution in [0.4, 0.5) is 4.79 Å². The van der Waals surface area contributed by atoms with Crippen molar-refractivity contribution in [1.29, 1.82) is 0 Å². The fourth-order valence-electron chi connectivity index (χ4n) is 5.55. The van der Waals surface area contributed by atoms with Gasteiger partial charge in [0, 0.05) is 32.1 Å². The molecule has 1 saturated carbocycles. The van der Waals surface area contributed by atoms with Gasteiger partial charge in [-0.1, -0.05) is 48.5 Å². The van der Waals surface area contributed by atoms with E-state index >= 15 is 0 Å². The quantitative estimate of drug-likeness (QED) is 0.636. The zero-order chi connectivity index (χ0) is 24.4. The van der Waals surface area contributed by atoms with Crippen molar-refractivity contribution in [2.24, 2.45) is 0 Å². The predicted molar refractivity (Wildman–Crippen MR) is 130 cm³/mol. The Morgan fingerprint density at radius 2 is 1.54 bits per heavy atom. The van der Waals surface area contributed by atoms with Crippen molar-refractivity contribution in [3.8, 4) is 11.1 Å². The van der Waals surface area contributed by atoms with Crippen molar-refractivity contribution in [2.45, 2.75) is 37.1 Å². The molecule has 2 aromatic carbocycles. The first kappa shape index (κ1) is 23.4. The van der Waals surface area contributed by atoms with Crippen LogP contribution in [0.15, 0.2) is 48.5 Å². The lowest BCUT2D eigenvalue weighted by Gasteiger charge is -2.43. The number of fused-ring (bicyclic) bond motifs is 3. The van der Waals surface area contributed by atoms with Crippen molar-refractivity contribution in [3.05, 3.63) is 59.7 Å². The van der Waals surface area contributed by atoms with Crippen LogP contribution in [0.3, 0.4) is 0 Å². The summed E-state index contributed by atoms with van der Waals surface area (Å²) in [6.07, 6.45) is 2.23. The fraction of sp³-hybridized carbons (Fsp3) is 0.444. The first-order valence-electron chi connectivity index (χ1n) is 12.3. The van der Waals surface area contributed by atoms with E-state index in [-0.39, 0.29) is 31.4 Å². The van der Waals surface area contributed by atoms with Gasteiger partial charge in [-0.3, -0.25) is 14.5 Å². The molecule has 35 heavy (non-hydrogen) atoms. The van der Waals surface area contributed by atoms with Gasteiger partial charge in [-0.15, -0.1) is 0 Å². The normalized spacial score (nSPS) is 18.8. The minimum atomic E-state index is -0.856. The van der Waals surface area contributed by atoms with E-state index in [1.54, 1.807) is 4.90 Å². The molecule has 0 spiro atoms. The number of carboxylic acids is 1. The third-order valence-corrected chi connectivity index (χ3v) is 7.60.